The fourth-order valence-electron chi connectivity index (χ4n) is 2.60. The standard InChI is InChI=1S/C14H20BrFN2/c1-17-9-13-4-2-3-7-18(13)10-11-5-6-12(16)8-14(11)15/h5-6,8,13,17H,2-4,7,9-10H2,1H3. The lowest BCUT2D eigenvalue weighted by atomic mass is 10.0. The van der Waals surface area contributed by atoms with Crippen molar-refractivity contribution in [3.63, 3.8) is 0 Å². The Balaban J connectivity index is 2.06. The largest absolute Gasteiger partial charge is 0.318 e. The van der Waals surface area contributed by atoms with Gasteiger partial charge in [0.15, 0.2) is 0 Å². The number of nitrogens with one attached hydrogen (secondary N) is 1. The second-order valence-corrected chi connectivity index (χ2v) is 5.77. The molecule has 1 unspecified atom stereocenters. The lowest BCUT2D eigenvalue weighted by Crippen LogP contribution is -2.44. The van der Waals surface area contributed by atoms with Gasteiger partial charge in [0.25, 0.3) is 0 Å². The minimum Gasteiger partial charge on any atom is -0.318 e. The molecular weight excluding hydrogens is 295 g/mol. The zero-order valence-electron chi connectivity index (χ0n) is 10.8. The minimum atomic E-state index is -0.184. The van der Waals surface area contributed by atoms with Gasteiger partial charge in [-0.3, -0.25) is 4.90 Å². The van der Waals surface area contributed by atoms with E-state index in [1.165, 1.54) is 30.9 Å². The number of rotatable bonds is 4. The van der Waals surface area contributed by atoms with Gasteiger partial charge in [0.2, 0.25) is 0 Å². The minimum absolute atomic E-state index is 0.184. The van der Waals surface area contributed by atoms with Crippen LogP contribution in [0.1, 0.15) is 24.8 Å². The fourth-order valence-corrected chi connectivity index (χ4v) is 3.08. The first-order valence-corrected chi connectivity index (χ1v) is 7.32. The van der Waals surface area contributed by atoms with Gasteiger partial charge in [0, 0.05) is 23.6 Å². The summed E-state index contributed by atoms with van der Waals surface area (Å²) in [6.07, 6.45) is 3.83. The van der Waals surface area contributed by atoms with Crippen LogP contribution < -0.4 is 5.32 Å². The molecule has 0 aromatic heterocycles. The van der Waals surface area contributed by atoms with Gasteiger partial charge in [0.05, 0.1) is 0 Å². The van der Waals surface area contributed by atoms with Crippen LogP contribution in [-0.4, -0.2) is 31.1 Å². The molecule has 1 N–H and O–H groups in total. The topological polar surface area (TPSA) is 15.3 Å². The van der Waals surface area contributed by atoms with Crippen molar-refractivity contribution < 1.29 is 4.39 Å². The Morgan fingerprint density at radius 3 is 3.00 bits per heavy atom. The summed E-state index contributed by atoms with van der Waals surface area (Å²) in [5, 5.41) is 3.26. The Morgan fingerprint density at radius 1 is 1.44 bits per heavy atom. The second kappa shape index (κ2) is 6.64. The summed E-state index contributed by atoms with van der Waals surface area (Å²) in [5.74, 6) is -0.184. The van der Waals surface area contributed by atoms with E-state index in [-0.39, 0.29) is 5.82 Å². The number of hydrogen-bond acceptors (Lipinski definition) is 2. The van der Waals surface area contributed by atoms with Crippen molar-refractivity contribution in [3.8, 4) is 0 Å². The number of likely N-dealkylation sites (tertiary alicyclic amines) is 1. The molecule has 1 saturated heterocycles. The molecule has 0 radical (unpaired) electrons. The van der Waals surface area contributed by atoms with E-state index >= 15 is 0 Å². The molecule has 1 atom stereocenters. The highest BCUT2D eigenvalue weighted by molar-refractivity contribution is 9.10. The summed E-state index contributed by atoms with van der Waals surface area (Å²) in [7, 11) is 2.00. The van der Waals surface area contributed by atoms with Crippen molar-refractivity contribution in [2.75, 3.05) is 20.1 Å². The molecule has 0 amide bonds. The predicted octanol–water partition coefficient (Wildman–Crippen LogP) is 3.16. The van der Waals surface area contributed by atoms with Crippen LogP contribution in [0.4, 0.5) is 4.39 Å². The molecule has 100 valence electrons. The average Bonchev–Trinajstić information content (AvgIpc) is 2.35. The molecule has 2 rings (SSSR count). The Bertz CT molecular complexity index is 395. The third kappa shape index (κ3) is 3.53. The molecular formula is C14H20BrFN2. The number of nitrogens with zero attached hydrogens (tertiary/aromatic N) is 1. The van der Waals surface area contributed by atoms with Crippen molar-refractivity contribution in [2.45, 2.75) is 31.8 Å². The molecule has 1 aromatic carbocycles. The van der Waals surface area contributed by atoms with Gasteiger partial charge in [-0.25, -0.2) is 4.39 Å². The predicted molar refractivity (Wildman–Crippen MR) is 76.1 cm³/mol. The third-order valence-corrected chi connectivity index (χ3v) is 4.32. The highest BCUT2D eigenvalue weighted by atomic mass is 79.9. The van der Waals surface area contributed by atoms with Crippen LogP contribution in [0.2, 0.25) is 0 Å². The fraction of sp³-hybridized carbons (Fsp3) is 0.571. The molecule has 1 heterocycles. The van der Waals surface area contributed by atoms with Crippen LogP contribution in [0, 0.1) is 5.82 Å². The zero-order chi connectivity index (χ0) is 13.0. The van der Waals surface area contributed by atoms with Crippen molar-refractivity contribution in [1.82, 2.24) is 10.2 Å². The van der Waals surface area contributed by atoms with Crippen LogP contribution in [-0.2, 0) is 6.54 Å². The van der Waals surface area contributed by atoms with Crippen molar-refractivity contribution in [2.24, 2.45) is 0 Å². The van der Waals surface area contributed by atoms with Gasteiger partial charge in [0.1, 0.15) is 5.82 Å². The second-order valence-electron chi connectivity index (χ2n) is 4.91. The highest BCUT2D eigenvalue weighted by Gasteiger charge is 2.22. The molecule has 0 saturated carbocycles. The summed E-state index contributed by atoms with van der Waals surface area (Å²) in [6.45, 7) is 3.06. The quantitative estimate of drug-likeness (QED) is 0.918. The van der Waals surface area contributed by atoms with Crippen molar-refractivity contribution in [1.29, 1.82) is 0 Å². The number of piperidine rings is 1. The lowest BCUT2D eigenvalue weighted by molar-refractivity contribution is 0.139. The van der Waals surface area contributed by atoms with Gasteiger partial charge in [-0.2, -0.15) is 0 Å². The van der Waals surface area contributed by atoms with Gasteiger partial charge in [-0.05, 0) is 44.1 Å². The first-order chi connectivity index (χ1) is 8.70. The Labute approximate surface area is 117 Å². The summed E-state index contributed by atoms with van der Waals surface area (Å²) in [4.78, 5) is 2.50. The monoisotopic (exact) mass is 314 g/mol. The smallest absolute Gasteiger partial charge is 0.124 e. The first-order valence-electron chi connectivity index (χ1n) is 6.53. The molecule has 1 aliphatic rings. The Kier molecular flexibility index (Phi) is 5.15. The molecule has 1 aromatic rings. The maximum Gasteiger partial charge on any atom is 0.124 e. The van der Waals surface area contributed by atoms with Crippen LogP contribution in [0.25, 0.3) is 0 Å². The van der Waals surface area contributed by atoms with Crippen LogP contribution in [0.5, 0.6) is 0 Å². The van der Waals surface area contributed by atoms with E-state index in [0.29, 0.717) is 6.04 Å². The maximum absolute atomic E-state index is 13.1. The SMILES string of the molecule is CNCC1CCCCN1Cc1ccc(F)cc1Br. The number of hydrogen-bond donors (Lipinski definition) is 1. The summed E-state index contributed by atoms with van der Waals surface area (Å²) in [6, 6.07) is 5.56. The summed E-state index contributed by atoms with van der Waals surface area (Å²) in [5.41, 5.74) is 1.17. The van der Waals surface area contributed by atoms with E-state index < -0.39 is 0 Å². The molecule has 1 aliphatic heterocycles. The molecule has 2 nitrogen and oxygen atoms in total. The third-order valence-electron chi connectivity index (χ3n) is 3.58. The summed E-state index contributed by atoms with van der Waals surface area (Å²) >= 11 is 3.45. The van der Waals surface area contributed by atoms with Crippen molar-refractivity contribution >= 4 is 15.9 Å². The van der Waals surface area contributed by atoms with Crippen molar-refractivity contribution in [3.05, 3.63) is 34.1 Å². The average molecular weight is 315 g/mol. The summed E-state index contributed by atoms with van der Waals surface area (Å²) < 4.78 is 13.9. The normalized spacial score (nSPS) is 21.2. The molecule has 0 aliphatic carbocycles. The molecule has 0 spiro atoms. The molecule has 1 fully saturated rings. The van der Waals surface area contributed by atoms with E-state index in [4.69, 9.17) is 0 Å². The number of likely N-dealkylation sites (N-methyl/N-ethyl adjacent to an activating group) is 1. The van der Waals surface area contributed by atoms with E-state index in [9.17, 15) is 4.39 Å². The van der Waals surface area contributed by atoms with Gasteiger partial charge >= 0.3 is 0 Å². The zero-order valence-corrected chi connectivity index (χ0v) is 12.3. The van der Waals surface area contributed by atoms with E-state index in [1.807, 2.05) is 13.1 Å². The van der Waals surface area contributed by atoms with E-state index in [1.54, 1.807) is 6.07 Å². The van der Waals surface area contributed by atoms with Gasteiger partial charge < -0.3 is 5.32 Å². The van der Waals surface area contributed by atoms with E-state index in [2.05, 4.69) is 26.1 Å². The first kappa shape index (κ1) is 14.0. The van der Waals surface area contributed by atoms with Gasteiger partial charge in [-0.1, -0.05) is 28.4 Å². The Morgan fingerprint density at radius 2 is 2.28 bits per heavy atom. The number of halogens is 2. The molecule has 0 bridgehead atoms. The maximum atomic E-state index is 13.1. The number of benzene rings is 1. The molecule has 4 heteroatoms. The molecule has 18 heavy (non-hydrogen) atoms. The van der Waals surface area contributed by atoms with E-state index in [0.717, 1.165) is 24.1 Å². The van der Waals surface area contributed by atoms with Crippen LogP contribution in [0.15, 0.2) is 22.7 Å². The van der Waals surface area contributed by atoms with Crippen LogP contribution >= 0.6 is 15.9 Å². The highest BCUT2D eigenvalue weighted by Crippen LogP contribution is 2.24. The Hall–Kier alpha value is -0.450. The lowest BCUT2D eigenvalue weighted by Gasteiger charge is -2.35. The van der Waals surface area contributed by atoms with Crippen LogP contribution in [0.3, 0.4) is 0 Å². The van der Waals surface area contributed by atoms with Gasteiger partial charge in [-0.15, -0.1) is 0 Å².